The highest BCUT2D eigenvalue weighted by Crippen LogP contribution is 2.39. The van der Waals surface area contributed by atoms with Crippen LogP contribution in [0.3, 0.4) is 0 Å². The zero-order chi connectivity index (χ0) is 19.2. The van der Waals surface area contributed by atoms with Gasteiger partial charge < -0.3 is 4.74 Å². The van der Waals surface area contributed by atoms with Crippen molar-refractivity contribution < 1.29 is 22.7 Å². The fourth-order valence-corrected chi connectivity index (χ4v) is 5.61. The smallest absolute Gasteiger partial charge is 0.244 e. The van der Waals surface area contributed by atoms with Crippen molar-refractivity contribution in [2.45, 2.75) is 56.0 Å². The zero-order valence-electron chi connectivity index (χ0n) is 15.3. The van der Waals surface area contributed by atoms with E-state index in [-0.39, 0.29) is 46.9 Å². The van der Waals surface area contributed by atoms with Gasteiger partial charge in [-0.15, -0.1) is 0 Å². The summed E-state index contributed by atoms with van der Waals surface area (Å²) in [5.74, 6) is -0.407. The lowest BCUT2D eigenvalue weighted by atomic mass is 9.81. The summed E-state index contributed by atoms with van der Waals surface area (Å²) in [5, 5.41) is 0. The number of nitrogens with one attached hydrogen (secondary N) is 1. The second kappa shape index (κ2) is 6.91. The van der Waals surface area contributed by atoms with Crippen LogP contribution in [0.1, 0.15) is 44.1 Å². The van der Waals surface area contributed by atoms with Crippen molar-refractivity contribution in [3.63, 3.8) is 0 Å². The summed E-state index contributed by atoms with van der Waals surface area (Å²) in [5.41, 5.74) is 0.604. The SMILES string of the molecule is COc1ccc(CN2C(=O)[C@H]3CCCC[C@H]3C2=O)cc1S(=O)(=O)NC1CC1. The van der Waals surface area contributed by atoms with E-state index in [0.29, 0.717) is 5.56 Å². The highest BCUT2D eigenvalue weighted by Gasteiger charge is 2.48. The summed E-state index contributed by atoms with van der Waals surface area (Å²) < 4.78 is 33.2. The number of hydrogen-bond donors (Lipinski definition) is 1. The van der Waals surface area contributed by atoms with E-state index in [9.17, 15) is 18.0 Å². The molecule has 0 spiro atoms. The molecule has 4 rings (SSSR count). The van der Waals surface area contributed by atoms with Gasteiger partial charge in [0.05, 0.1) is 25.5 Å². The summed E-state index contributed by atoms with van der Waals surface area (Å²) >= 11 is 0. The summed E-state index contributed by atoms with van der Waals surface area (Å²) in [4.78, 5) is 26.7. The summed E-state index contributed by atoms with van der Waals surface area (Å²) in [6, 6.07) is 4.77. The number of benzene rings is 1. The third-order valence-corrected chi connectivity index (χ3v) is 7.23. The second-order valence-corrected chi connectivity index (χ2v) is 9.32. The van der Waals surface area contributed by atoms with Gasteiger partial charge in [0.1, 0.15) is 10.6 Å². The molecule has 0 unspecified atom stereocenters. The molecule has 1 heterocycles. The van der Waals surface area contributed by atoms with Crippen LogP contribution in [0.25, 0.3) is 0 Å². The summed E-state index contributed by atoms with van der Waals surface area (Å²) in [6.45, 7) is 0.0978. The van der Waals surface area contributed by atoms with E-state index in [4.69, 9.17) is 4.74 Å². The number of ether oxygens (including phenoxy) is 1. The lowest BCUT2D eigenvalue weighted by Crippen LogP contribution is -2.31. The molecule has 0 aromatic heterocycles. The summed E-state index contributed by atoms with van der Waals surface area (Å²) in [6.07, 6.45) is 5.15. The number of methoxy groups -OCH3 is 1. The van der Waals surface area contributed by atoms with E-state index in [1.54, 1.807) is 12.1 Å². The van der Waals surface area contributed by atoms with Gasteiger partial charge in [0.15, 0.2) is 0 Å². The van der Waals surface area contributed by atoms with Crippen LogP contribution in [0.5, 0.6) is 5.75 Å². The molecule has 1 aromatic rings. The molecule has 7 nitrogen and oxygen atoms in total. The maximum atomic E-state index is 12.7. The van der Waals surface area contributed by atoms with Crippen LogP contribution in [0.4, 0.5) is 0 Å². The molecule has 0 bridgehead atoms. The number of rotatable bonds is 6. The van der Waals surface area contributed by atoms with E-state index in [1.165, 1.54) is 18.1 Å². The van der Waals surface area contributed by atoms with Crippen LogP contribution >= 0.6 is 0 Å². The zero-order valence-corrected chi connectivity index (χ0v) is 16.1. The number of amides is 2. The van der Waals surface area contributed by atoms with Gasteiger partial charge in [-0.2, -0.15) is 0 Å². The van der Waals surface area contributed by atoms with Gasteiger partial charge in [-0.3, -0.25) is 14.5 Å². The molecule has 2 atom stereocenters. The molecule has 1 N–H and O–H groups in total. The van der Waals surface area contributed by atoms with Crippen molar-refractivity contribution in [2.24, 2.45) is 11.8 Å². The fourth-order valence-electron chi connectivity index (χ4n) is 4.08. The number of carbonyl (C=O) groups excluding carboxylic acids is 2. The molecule has 3 aliphatic rings. The van der Waals surface area contributed by atoms with E-state index in [0.717, 1.165) is 38.5 Å². The molecule has 8 heteroatoms. The second-order valence-electron chi connectivity index (χ2n) is 7.64. The molecule has 2 amide bonds. The molecule has 1 saturated heterocycles. The average Bonchev–Trinajstić information content (AvgIpc) is 3.44. The third-order valence-electron chi connectivity index (χ3n) is 5.69. The molecule has 3 fully saturated rings. The van der Waals surface area contributed by atoms with Crippen LogP contribution in [0.15, 0.2) is 23.1 Å². The first-order valence-electron chi connectivity index (χ1n) is 9.45. The van der Waals surface area contributed by atoms with Gasteiger partial charge in [0, 0.05) is 6.04 Å². The highest BCUT2D eigenvalue weighted by atomic mass is 32.2. The molecule has 0 radical (unpaired) electrons. The minimum absolute atomic E-state index is 0.0202. The topological polar surface area (TPSA) is 92.8 Å². The predicted molar refractivity (Wildman–Crippen MR) is 97.3 cm³/mol. The predicted octanol–water partition coefficient (Wildman–Crippen LogP) is 1.81. The third kappa shape index (κ3) is 3.48. The van der Waals surface area contributed by atoms with Crippen LogP contribution in [0.2, 0.25) is 0 Å². The number of imide groups is 1. The van der Waals surface area contributed by atoms with Gasteiger partial charge in [-0.25, -0.2) is 13.1 Å². The Bertz CT molecular complexity index is 854. The molecular weight excluding hydrogens is 368 g/mol. The minimum Gasteiger partial charge on any atom is -0.495 e. The number of nitrogens with zero attached hydrogens (tertiary/aromatic N) is 1. The molecule has 2 saturated carbocycles. The first-order chi connectivity index (χ1) is 12.9. The average molecular weight is 392 g/mol. The molecule has 146 valence electrons. The molecule has 1 aliphatic heterocycles. The van der Waals surface area contributed by atoms with Gasteiger partial charge in [0.25, 0.3) is 0 Å². The number of carbonyl (C=O) groups is 2. The first kappa shape index (κ1) is 18.4. The largest absolute Gasteiger partial charge is 0.495 e. The van der Waals surface area contributed by atoms with Crippen molar-refractivity contribution >= 4 is 21.8 Å². The van der Waals surface area contributed by atoms with Crippen molar-refractivity contribution in [3.05, 3.63) is 23.8 Å². The van der Waals surface area contributed by atoms with Gasteiger partial charge in [-0.1, -0.05) is 18.9 Å². The highest BCUT2D eigenvalue weighted by molar-refractivity contribution is 7.89. The lowest BCUT2D eigenvalue weighted by Gasteiger charge is -2.19. The number of likely N-dealkylation sites (tertiary alicyclic amines) is 1. The van der Waals surface area contributed by atoms with Gasteiger partial charge in [-0.05, 0) is 43.4 Å². The van der Waals surface area contributed by atoms with Crippen LogP contribution in [0, 0.1) is 11.8 Å². The Balaban J connectivity index is 1.60. The number of fused-ring (bicyclic) bond motifs is 1. The van der Waals surface area contributed by atoms with Crippen molar-refractivity contribution in [1.29, 1.82) is 0 Å². The molecular formula is C19H24N2O5S. The van der Waals surface area contributed by atoms with Crippen LogP contribution in [-0.2, 0) is 26.2 Å². The van der Waals surface area contributed by atoms with Crippen molar-refractivity contribution in [1.82, 2.24) is 9.62 Å². The lowest BCUT2D eigenvalue weighted by molar-refractivity contribution is -0.140. The maximum Gasteiger partial charge on any atom is 0.244 e. The number of sulfonamides is 1. The first-order valence-corrected chi connectivity index (χ1v) is 10.9. The van der Waals surface area contributed by atoms with Crippen LogP contribution in [-0.4, -0.2) is 38.3 Å². The van der Waals surface area contributed by atoms with Gasteiger partial charge in [0.2, 0.25) is 21.8 Å². The Morgan fingerprint density at radius 2 is 1.70 bits per heavy atom. The van der Waals surface area contributed by atoms with E-state index in [2.05, 4.69) is 4.72 Å². The Kier molecular flexibility index (Phi) is 4.71. The number of hydrogen-bond acceptors (Lipinski definition) is 5. The van der Waals surface area contributed by atoms with E-state index in [1.807, 2.05) is 0 Å². The molecule has 2 aliphatic carbocycles. The van der Waals surface area contributed by atoms with Gasteiger partial charge >= 0.3 is 0 Å². The Morgan fingerprint density at radius 3 is 2.26 bits per heavy atom. The Labute approximate surface area is 159 Å². The monoisotopic (exact) mass is 392 g/mol. The quantitative estimate of drug-likeness (QED) is 0.746. The normalized spacial score (nSPS) is 25.6. The van der Waals surface area contributed by atoms with Crippen molar-refractivity contribution in [3.8, 4) is 5.75 Å². The Hall–Kier alpha value is -1.93. The fraction of sp³-hybridized carbons (Fsp3) is 0.579. The van der Waals surface area contributed by atoms with E-state index >= 15 is 0 Å². The summed E-state index contributed by atoms with van der Waals surface area (Å²) in [7, 11) is -2.29. The minimum atomic E-state index is -3.71. The Morgan fingerprint density at radius 1 is 1.07 bits per heavy atom. The molecule has 1 aromatic carbocycles. The van der Waals surface area contributed by atoms with E-state index < -0.39 is 10.0 Å². The standard InChI is InChI=1S/C19H24N2O5S/c1-26-16-9-6-12(10-17(16)27(24,25)20-13-7-8-13)11-21-18(22)14-4-2-3-5-15(14)19(21)23/h6,9-10,13-15,20H,2-5,7-8,11H2,1H3/t14-,15+. The molecule has 27 heavy (non-hydrogen) atoms. The van der Waals surface area contributed by atoms with Crippen molar-refractivity contribution in [2.75, 3.05) is 7.11 Å². The maximum absolute atomic E-state index is 12.7. The van der Waals surface area contributed by atoms with Crippen LogP contribution < -0.4 is 9.46 Å².